The lowest BCUT2D eigenvalue weighted by Gasteiger charge is -2.15. The first-order chi connectivity index (χ1) is 11.5. The first kappa shape index (κ1) is 16.3. The Balaban J connectivity index is 1.82. The predicted octanol–water partition coefficient (Wildman–Crippen LogP) is 3.11. The molecule has 0 spiro atoms. The smallest absolute Gasteiger partial charge is 0.247 e. The molecule has 3 rings (SSSR count). The number of nitrogens with zero attached hydrogens (tertiary/aromatic N) is 2. The molecule has 3 aromatic rings. The van der Waals surface area contributed by atoms with Crippen LogP contribution in [0.1, 0.15) is 13.0 Å². The van der Waals surface area contributed by atoms with Crippen LogP contribution >= 0.6 is 0 Å². The van der Waals surface area contributed by atoms with E-state index in [1.54, 1.807) is 17.8 Å². The van der Waals surface area contributed by atoms with Crippen molar-refractivity contribution in [3.05, 3.63) is 54.6 Å². The standard InChI is InChI=1S/C17H16FN3O2S/c1-11(21-10-19-14-5-3-4-6-15(14)21)17(22)20-12-7-8-16(24(2)23)13(18)9-12/h3-11H,1-2H3,(H,20,22)/t11-,24+/m1/s1. The molecule has 0 bridgehead atoms. The number of benzene rings is 2. The summed E-state index contributed by atoms with van der Waals surface area (Å²) in [5, 5.41) is 2.68. The van der Waals surface area contributed by atoms with Crippen LogP contribution in [0.15, 0.2) is 53.7 Å². The molecule has 0 fully saturated rings. The SMILES string of the molecule is C[C@H](C(=O)Nc1ccc([S@](C)=O)c(F)c1)n1cnc2ccccc21. The van der Waals surface area contributed by atoms with Gasteiger partial charge in [-0.15, -0.1) is 0 Å². The van der Waals surface area contributed by atoms with Gasteiger partial charge in [0.15, 0.2) is 0 Å². The van der Waals surface area contributed by atoms with Crippen LogP contribution in [0.2, 0.25) is 0 Å². The van der Waals surface area contributed by atoms with Crippen LogP contribution in [0.3, 0.4) is 0 Å². The third-order valence-electron chi connectivity index (χ3n) is 3.79. The number of hydrogen-bond acceptors (Lipinski definition) is 3. The summed E-state index contributed by atoms with van der Waals surface area (Å²) in [5.41, 5.74) is 1.98. The number of rotatable bonds is 4. The number of fused-ring (bicyclic) bond motifs is 1. The molecular formula is C17H16FN3O2S. The fraction of sp³-hybridized carbons (Fsp3) is 0.176. The predicted molar refractivity (Wildman–Crippen MR) is 91.8 cm³/mol. The van der Waals surface area contributed by atoms with Gasteiger partial charge in [-0.2, -0.15) is 0 Å². The molecule has 0 aliphatic heterocycles. The van der Waals surface area contributed by atoms with Crippen molar-refractivity contribution in [3.63, 3.8) is 0 Å². The van der Waals surface area contributed by atoms with Gasteiger partial charge in [0.2, 0.25) is 5.91 Å². The molecule has 0 saturated carbocycles. The van der Waals surface area contributed by atoms with Crippen molar-refractivity contribution in [2.45, 2.75) is 17.9 Å². The fourth-order valence-corrected chi connectivity index (χ4v) is 3.06. The minimum Gasteiger partial charge on any atom is -0.324 e. The van der Waals surface area contributed by atoms with E-state index in [1.807, 2.05) is 24.3 Å². The molecule has 0 aliphatic rings. The molecule has 0 aliphatic carbocycles. The molecule has 1 heterocycles. The number of carbonyl (C=O) groups excluding carboxylic acids is 1. The summed E-state index contributed by atoms with van der Waals surface area (Å²) in [5.74, 6) is -0.891. The molecule has 1 N–H and O–H groups in total. The second-order valence-electron chi connectivity index (χ2n) is 5.41. The second kappa shape index (κ2) is 6.52. The fourth-order valence-electron chi connectivity index (χ4n) is 2.47. The molecule has 2 aromatic carbocycles. The van der Waals surface area contributed by atoms with Gasteiger partial charge in [-0.05, 0) is 37.3 Å². The van der Waals surface area contributed by atoms with Crippen LogP contribution < -0.4 is 5.32 Å². The third kappa shape index (κ3) is 3.07. The van der Waals surface area contributed by atoms with E-state index in [4.69, 9.17) is 0 Å². The zero-order valence-electron chi connectivity index (χ0n) is 13.2. The maximum Gasteiger partial charge on any atom is 0.247 e. The van der Waals surface area contributed by atoms with Crippen LogP contribution in [0.4, 0.5) is 10.1 Å². The van der Waals surface area contributed by atoms with E-state index >= 15 is 0 Å². The van der Waals surface area contributed by atoms with Crippen molar-refractivity contribution in [2.24, 2.45) is 0 Å². The van der Waals surface area contributed by atoms with E-state index in [1.165, 1.54) is 24.5 Å². The molecular weight excluding hydrogens is 329 g/mol. The number of hydrogen-bond donors (Lipinski definition) is 1. The molecule has 0 unspecified atom stereocenters. The van der Waals surface area contributed by atoms with Gasteiger partial charge >= 0.3 is 0 Å². The van der Waals surface area contributed by atoms with E-state index in [0.29, 0.717) is 5.69 Å². The molecule has 124 valence electrons. The summed E-state index contributed by atoms with van der Waals surface area (Å²) in [4.78, 5) is 16.8. The number of imidazole rings is 1. The van der Waals surface area contributed by atoms with Crippen molar-refractivity contribution in [3.8, 4) is 0 Å². The number of nitrogens with one attached hydrogen (secondary N) is 1. The average Bonchev–Trinajstić information content (AvgIpc) is 2.97. The zero-order valence-corrected chi connectivity index (χ0v) is 14.0. The summed E-state index contributed by atoms with van der Waals surface area (Å²) in [7, 11) is -1.41. The van der Waals surface area contributed by atoms with Crippen molar-refractivity contribution in [1.82, 2.24) is 9.55 Å². The van der Waals surface area contributed by atoms with Gasteiger partial charge in [-0.3, -0.25) is 9.00 Å². The number of para-hydroxylation sites is 2. The van der Waals surface area contributed by atoms with E-state index in [2.05, 4.69) is 10.3 Å². The number of anilines is 1. The number of halogens is 1. The van der Waals surface area contributed by atoms with Crippen molar-refractivity contribution in [1.29, 1.82) is 0 Å². The minimum atomic E-state index is -1.41. The lowest BCUT2D eigenvalue weighted by molar-refractivity contribution is -0.118. The average molecular weight is 345 g/mol. The third-order valence-corrected chi connectivity index (χ3v) is 4.74. The Morgan fingerprint density at radius 1 is 1.29 bits per heavy atom. The summed E-state index contributed by atoms with van der Waals surface area (Å²) < 4.78 is 27.0. The summed E-state index contributed by atoms with van der Waals surface area (Å²) in [6.07, 6.45) is 3.02. The molecule has 1 aromatic heterocycles. The minimum absolute atomic E-state index is 0.113. The number of amides is 1. The lowest BCUT2D eigenvalue weighted by atomic mass is 10.2. The quantitative estimate of drug-likeness (QED) is 0.790. The Bertz CT molecular complexity index is 938. The lowest BCUT2D eigenvalue weighted by Crippen LogP contribution is -2.23. The van der Waals surface area contributed by atoms with Gasteiger partial charge in [0, 0.05) is 11.9 Å². The van der Waals surface area contributed by atoms with Crippen molar-refractivity contribution >= 4 is 33.4 Å². The Kier molecular flexibility index (Phi) is 4.44. The van der Waals surface area contributed by atoms with Gasteiger partial charge in [-0.25, -0.2) is 9.37 Å². The molecule has 5 nitrogen and oxygen atoms in total. The van der Waals surface area contributed by atoms with Crippen molar-refractivity contribution in [2.75, 3.05) is 11.6 Å². The van der Waals surface area contributed by atoms with Crippen molar-refractivity contribution < 1.29 is 13.4 Å². The highest BCUT2D eigenvalue weighted by molar-refractivity contribution is 7.84. The maximum atomic E-state index is 13.9. The number of carbonyl (C=O) groups is 1. The largest absolute Gasteiger partial charge is 0.324 e. The highest BCUT2D eigenvalue weighted by Gasteiger charge is 2.18. The van der Waals surface area contributed by atoms with Crippen LogP contribution in [-0.4, -0.2) is 25.9 Å². The van der Waals surface area contributed by atoms with Gasteiger partial charge in [0.1, 0.15) is 11.9 Å². The van der Waals surface area contributed by atoms with Crippen LogP contribution in [-0.2, 0) is 15.6 Å². The highest BCUT2D eigenvalue weighted by atomic mass is 32.2. The van der Waals surface area contributed by atoms with Crippen LogP contribution in [0, 0.1) is 5.82 Å². The van der Waals surface area contributed by atoms with Gasteiger partial charge in [-0.1, -0.05) is 12.1 Å². The summed E-state index contributed by atoms with van der Waals surface area (Å²) in [6, 6.07) is 11.1. The normalized spacial score (nSPS) is 13.6. The van der Waals surface area contributed by atoms with E-state index in [0.717, 1.165) is 11.0 Å². The maximum absolute atomic E-state index is 13.9. The van der Waals surface area contributed by atoms with E-state index in [-0.39, 0.29) is 10.8 Å². The Morgan fingerprint density at radius 2 is 2.04 bits per heavy atom. The monoisotopic (exact) mass is 345 g/mol. The zero-order chi connectivity index (χ0) is 17.3. The second-order valence-corrected chi connectivity index (χ2v) is 6.75. The molecule has 1 amide bonds. The van der Waals surface area contributed by atoms with E-state index < -0.39 is 22.7 Å². The van der Waals surface area contributed by atoms with Crippen LogP contribution in [0.5, 0.6) is 0 Å². The highest BCUT2D eigenvalue weighted by Crippen LogP contribution is 2.21. The Morgan fingerprint density at radius 3 is 2.75 bits per heavy atom. The van der Waals surface area contributed by atoms with Crippen LogP contribution in [0.25, 0.3) is 11.0 Å². The molecule has 24 heavy (non-hydrogen) atoms. The first-order valence-corrected chi connectivity index (χ1v) is 8.88. The summed E-state index contributed by atoms with van der Waals surface area (Å²) in [6.45, 7) is 1.75. The first-order valence-electron chi connectivity index (χ1n) is 7.33. The molecule has 0 saturated heterocycles. The van der Waals surface area contributed by atoms with E-state index in [9.17, 15) is 13.4 Å². The number of aromatic nitrogens is 2. The topological polar surface area (TPSA) is 64.0 Å². The van der Waals surface area contributed by atoms with Gasteiger partial charge < -0.3 is 9.88 Å². The summed E-state index contributed by atoms with van der Waals surface area (Å²) >= 11 is 0. The molecule has 2 atom stereocenters. The van der Waals surface area contributed by atoms with Gasteiger partial charge in [0.25, 0.3) is 0 Å². The van der Waals surface area contributed by atoms with Gasteiger partial charge in [0.05, 0.1) is 33.1 Å². The Labute approximate surface area is 141 Å². The Hall–Kier alpha value is -2.54. The molecule has 7 heteroatoms. The molecule has 0 radical (unpaired) electrons.